The maximum Gasteiger partial charge on any atom is 0.344 e. The monoisotopic (exact) mass is 387 g/mol. The topological polar surface area (TPSA) is 99.7 Å². The lowest BCUT2D eigenvalue weighted by atomic mass is 10.1. The van der Waals surface area contributed by atoms with Gasteiger partial charge in [0.1, 0.15) is 11.3 Å². The maximum absolute atomic E-state index is 12.1. The molecule has 7 heteroatoms. The predicted octanol–water partition coefficient (Wildman–Crippen LogP) is 4.47. The van der Waals surface area contributed by atoms with Gasteiger partial charge in [-0.25, -0.2) is 9.59 Å². The van der Waals surface area contributed by atoms with Crippen molar-refractivity contribution in [2.24, 2.45) is 0 Å². The molecule has 0 N–H and O–H groups in total. The Hall–Kier alpha value is -4.26. The van der Waals surface area contributed by atoms with Gasteiger partial charge in [-0.3, -0.25) is 10.1 Å². The Morgan fingerprint density at radius 3 is 2.55 bits per heavy atom. The van der Waals surface area contributed by atoms with Crippen molar-refractivity contribution < 1.29 is 18.9 Å². The quantitative estimate of drug-likeness (QED) is 0.0974. The normalized spacial score (nSPS) is 11.2. The summed E-state index contributed by atoms with van der Waals surface area (Å²) >= 11 is 0. The van der Waals surface area contributed by atoms with E-state index < -0.39 is 16.5 Å². The Kier molecular flexibility index (Phi) is 4.62. The molecule has 1 heterocycles. The number of nitrogens with zero attached hydrogens (tertiary/aromatic N) is 1. The fourth-order valence-electron chi connectivity index (χ4n) is 2.98. The van der Waals surface area contributed by atoms with Crippen LogP contribution in [0.3, 0.4) is 0 Å². The van der Waals surface area contributed by atoms with Crippen LogP contribution < -0.4 is 10.4 Å². The van der Waals surface area contributed by atoms with Crippen molar-refractivity contribution in [3.8, 4) is 5.75 Å². The van der Waals surface area contributed by atoms with Crippen LogP contribution in [0.4, 0.5) is 5.69 Å². The van der Waals surface area contributed by atoms with Crippen molar-refractivity contribution in [1.82, 2.24) is 0 Å². The zero-order chi connectivity index (χ0) is 20.4. The van der Waals surface area contributed by atoms with Gasteiger partial charge in [0, 0.05) is 29.7 Å². The van der Waals surface area contributed by atoms with Gasteiger partial charge in [0.15, 0.2) is 0 Å². The van der Waals surface area contributed by atoms with Crippen LogP contribution in [-0.2, 0) is 4.79 Å². The van der Waals surface area contributed by atoms with Crippen LogP contribution in [0.1, 0.15) is 5.56 Å². The van der Waals surface area contributed by atoms with E-state index in [2.05, 4.69) is 0 Å². The molecule has 0 fully saturated rings. The van der Waals surface area contributed by atoms with Crippen LogP contribution >= 0.6 is 0 Å². The molecule has 0 aliphatic rings. The largest absolute Gasteiger partial charge is 0.423 e. The third-order valence-electron chi connectivity index (χ3n) is 4.30. The fourth-order valence-corrected chi connectivity index (χ4v) is 2.98. The predicted molar refractivity (Wildman–Crippen MR) is 108 cm³/mol. The number of nitro benzene ring substituents is 1. The molecule has 4 aromatic rings. The second kappa shape index (κ2) is 7.40. The summed E-state index contributed by atoms with van der Waals surface area (Å²) in [6, 6.07) is 17.8. The molecule has 0 saturated carbocycles. The van der Waals surface area contributed by atoms with E-state index >= 15 is 0 Å². The van der Waals surface area contributed by atoms with Gasteiger partial charge in [-0.15, -0.1) is 0 Å². The van der Waals surface area contributed by atoms with Crippen LogP contribution in [0, 0.1) is 10.1 Å². The highest BCUT2D eigenvalue weighted by Crippen LogP contribution is 2.26. The highest BCUT2D eigenvalue weighted by atomic mass is 16.6. The molecule has 0 radical (unpaired) electrons. The molecule has 7 nitrogen and oxygen atoms in total. The second-order valence-electron chi connectivity index (χ2n) is 6.20. The van der Waals surface area contributed by atoms with E-state index in [0.717, 1.165) is 10.8 Å². The summed E-state index contributed by atoms with van der Waals surface area (Å²) in [5.41, 5.74) is 0.258. The van der Waals surface area contributed by atoms with Gasteiger partial charge in [-0.05, 0) is 35.2 Å². The first-order valence-corrected chi connectivity index (χ1v) is 8.61. The lowest BCUT2D eigenvalue weighted by Gasteiger charge is -2.05. The van der Waals surface area contributed by atoms with Crippen LogP contribution in [0.15, 0.2) is 82.0 Å². The molecular weight excluding hydrogens is 374 g/mol. The fraction of sp³-hybridized carbons (Fsp3) is 0. The summed E-state index contributed by atoms with van der Waals surface area (Å²) in [6.07, 6.45) is 2.59. The number of rotatable bonds is 4. The molecule has 0 bridgehead atoms. The van der Waals surface area contributed by atoms with Crippen molar-refractivity contribution in [2.75, 3.05) is 0 Å². The van der Waals surface area contributed by atoms with Gasteiger partial charge in [0.05, 0.1) is 10.3 Å². The Morgan fingerprint density at radius 2 is 1.76 bits per heavy atom. The number of benzene rings is 3. The second-order valence-corrected chi connectivity index (χ2v) is 6.20. The molecule has 4 rings (SSSR count). The molecule has 142 valence electrons. The molecule has 1 aromatic heterocycles. The van der Waals surface area contributed by atoms with Gasteiger partial charge in [-0.2, -0.15) is 0 Å². The molecule has 0 spiro atoms. The highest BCUT2D eigenvalue weighted by Gasteiger charge is 2.09. The summed E-state index contributed by atoms with van der Waals surface area (Å²) in [5, 5.41) is 12.8. The van der Waals surface area contributed by atoms with E-state index in [1.807, 2.05) is 12.1 Å². The number of fused-ring (bicyclic) bond motifs is 3. The van der Waals surface area contributed by atoms with Gasteiger partial charge >= 0.3 is 11.6 Å². The minimum Gasteiger partial charge on any atom is -0.423 e. The van der Waals surface area contributed by atoms with Crippen molar-refractivity contribution in [3.05, 3.63) is 98.9 Å². The minimum absolute atomic E-state index is 0.0719. The van der Waals surface area contributed by atoms with Gasteiger partial charge in [0.25, 0.3) is 5.69 Å². The lowest BCUT2D eigenvalue weighted by molar-refractivity contribution is -0.384. The van der Waals surface area contributed by atoms with E-state index in [1.165, 1.54) is 36.4 Å². The molecule has 3 aromatic carbocycles. The third kappa shape index (κ3) is 3.74. The molecule has 0 saturated heterocycles. The number of esters is 1. The first-order valence-electron chi connectivity index (χ1n) is 8.61. The van der Waals surface area contributed by atoms with E-state index in [1.54, 1.807) is 30.3 Å². The molecule has 0 unspecified atom stereocenters. The standard InChI is InChI=1S/C22H13NO6/c24-21(11-8-14-4-3-5-15(12-14)23(26)27)28-16-9-10-18-17-6-1-2-7-19(17)22(25)29-20(18)13-16/h1-13H/b11-8+. The zero-order valence-electron chi connectivity index (χ0n) is 14.9. The van der Waals surface area contributed by atoms with Gasteiger partial charge in [0.2, 0.25) is 0 Å². The number of nitro groups is 1. The number of carbonyl (C=O) groups excluding carboxylic acids is 1. The number of ether oxygens (including phenoxy) is 1. The smallest absolute Gasteiger partial charge is 0.344 e. The lowest BCUT2D eigenvalue weighted by Crippen LogP contribution is -2.04. The molecule has 0 aliphatic carbocycles. The van der Waals surface area contributed by atoms with Crippen LogP contribution in [0.25, 0.3) is 27.8 Å². The Balaban J connectivity index is 1.58. The van der Waals surface area contributed by atoms with Crippen LogP contribution in [0.2, 0.25) is 0 Å². The van der Waals surface area contributed by atoms with Gasteiger partial charge < -0.3 is 9.15 Å². The number of non-ortho nitro benzene ring substituents is 1. The summed E-state index contributed by atoms with van der Waals surface area (Å²) in [6.45, 7) is 0. The first-order chi connectivity index (χ1) is 14.0. The number of hydrogen-bond donors (Lipinski definition) is 0. The molecule has 0 amide bonds. The Bertz CT molecular complexity index is 1350. The average Bonchev–Trinajstić information content (AvgIpc) is 2.72. The summed E-state index contributed by atoms with van der Waals surface area (Å²) in [5.74, 6) is -0.455. The number of carbonyl (C=O) groups is 1. The SMILES string of the molecule is O=C(/C=C/c1cccc([N+](=O)[O-])c1)Oc1ccc2c(c1)oc(=O)c1ccccc12. The maximum atomic E-state index is 12.1. The molecule has 0 atom stereocenters. The van der Waals surface area contributed by atoms with Crippen molar-refractivity contribution in [3.63, 3.8) is 0 Å². The summed E-state index contributed by atoms with van der Waals surface area (Å²) < 4.78 is 10.6. The molecular formula is C22H13NO6. The highest BCUT2D eigenvalue weighted by molar-refractivity contribution is 6.04. The van der Waals surface area contributed by atoms with Gasteiger partial charge in [-0.1, -0.05) is 30.3 Å². The Morgan fingerprint density at radius 1 is 0.966 bits per heavy atom. The average molecular weight is 387 g/mol. The van der Waals surface area contributed by atoms with Crippen molar-refractivity contribution in [1.29, 1.82) is 0 Å². The third-order valence-corrected chi connectivity index (χ3v) is 4.30. The molecule has 0 aliphatic heterocycles. The van der Waals surface area contributed by atoms with E-state index in [9.17, 15) is 19.7 Å². The molecule has 29 heavy (non-hydrogen) atoms. The zero-order valence-corrected chi connectivity index (χ0v) is 14.9. The van der Waals surface area contributed by atoms with E-state index in [-0.39, 0.29) is 11.4 Å². The Labute approximate surface area is 163 Å². The summed E-state index contributed by atoms with van der Waals surface area (Å²) in [4.78, 5) is 34.5. The summed E-state index contributed by atoms with van der Waals surface area (Å²) in [7, 11) is 0. The van der Waals surface area contributed by atoms with E-state index in [4.69, 9.17) is 9.15 Å². The first kappa shape index (κ1) is 18.1. The minimum atomic E-state index is -0.668. The number of hydrogen-bond acceptors (Lipinski definition) is 6. The van der Waals surface area contributed by atoms with Crippen molar-refractivity contribution >= 4 is 39.5 Å². The van der Waals surface area contributed by atoms with Crippen LogP contribution in [-0.4, -0.2) is 10.9 Å². The van der Waals surface area contributed by atoms with Crippen LogP contribution in [0.5, 0.6) is 5.75 Å². The van der Waals surface area contributed by atoms with Crippen molar-refractivity contribution in [2.45, 2.75) is 0 Å². The van der Waals surface area contributed by atoms with E-state index in [0.29, 0.717) is 16.5 Å².